The highest BCUT2D eigenvalue weighted by molar-refractivity contribution is 5.91. The maximum Gasteiger partial charge on any atom is 0.414 e. The van der Waals surface area contributed by atoms with Crippen LogP contribution in [0.1, 0.15) is 46.0 Å². The van der Waals surface area contributed by atoms with Crippen LogP contribution in [0.3, 0.4) is 0 Å². The van der Waals surface area contributed by atoms with Crippen molar-refractivity contribution in [2.45, 2.75) is 52.0 Å². The number of carbonyl (C=O) groups is 2. The van der Waals surface area contributed by atoms with Crippen molar-refractivity contribution >= 4 is 23.5 Å². The SMILES string of the molecule is CCCCCCC(C)NC(=O)Nc1ccc(N2CCOC2=O)cc1. The molecule has 1 aromatic rings. The summed E-state index contributed by atoms with van der Waals surface area (Å²) in [5, 5.41) is 5.77. The van der Waals surface area contributed by atoms with Crippen LogP contribution in [-0.4, -0.2) is 31.3 Å². The fourth-order valence-electron chi connectivity index (χ4n) is 2.69. The molecule has 3 amide bonds. The zero-order valence-corrected chi connectivity index (χ0v) is 14.5. The highest BCUT2D eigenvalue weighted by Crippen LogP contribution is 2.21. The zero-order chi connectivity index (χ0) is 17.4. The molecular formula is C18H27N3O3. The van der Waals surface area contributed by atoms with Crippen molar-refractivity contribution < 1.29 is 14.3 Å². The van der Waals surface area contributed by atoms with Crippen molar-refractivity contribution in [2.24, 2.45) is 0 Å². The molecule has 0 aliphatic carbocycles. The monoisotopic (exact) mass is 333 g/mol. The number of amides is 3. The topological polar surface area (TPSA) is 70.7 Å². The number of nitrogens with one attached hydrogen (secondary N) is 2. The first kappa shape index (κ1) is 18.1. The van der Waals surface area contributed by atoms with Crippen LogP contribution in [0.4, 0.5) is 21.0 Å². The van der Waals surface area contributed by atoms with E-state index in [0.717, 1.165) is 18.5 Å². The minimum atomic E-state index is -0.328. The highest BCUT2D eigenvalue weighted by atomic mass is 16.6. The van der Waals surface area contributed by atoms with Gasteiger partial charge in [-0.1, -0.05) is 32.6 Å². The number of anilines is 2. The fraction of sp³-hybridized carbons (Fsp3) is 0.556. The van der Waals surface area contributed by atoms with E-state index in [1.807, 2.05) is 6.92 Å². The van der Waals surface area contributed by atoms with E-state index in [1.165, 1.54) is 19.3 Å². The number of ether oxygens (including phenoxy) is 1. The normalized spacial score (nSPS) is 15.1. The average Bonchev–Trinajstić information content (AvgIpc) is 2.98. The molecule has 6 nitrogen and oxygen atoms in total. The van der Waals surface area contributed by atoms with Gasteiger partial charge in [0.2, 0.25) is 0 Å². The standard InChI is InChI=1S/C18H27N3O3/c1-3-4-5-6-7-14(2)19-17(22)20-15-8-10-16(11-9-15)21-12-13-24-18(21)23/h8-11,14H,3-7,12-13H2,1-2H3,(H2,19,20,22). The average molecular weight is 333 g/mol. The number of cyclic esters (lactones) is 1. The lowest BCUT2D eigenvalue weighted by atomic mass is 10.1. The number of unbranched alkanes of at least 4 members (excludes halogenated alkanes) is 3. The van der Waals surface area contributed by atoms with Crippen molar-refractivity contribution in [1.29, 1.82) is 0 Å². The van der Waals surface area contributed by atoms with Crippen LogP contribution in [-0.2, 0) is 4.74 Å². The second-order valence-corrected chi connectivity index (χ2v) is 6.16. The number of rotatable bonds is 8. The third-order valence-electron chi connectivity index (χ3n) is 4.07. The van der Waals surface area contributed by atoms with Crippen molar-refractivity contribution in [3.8, 4) is 0 Å². The molecule has 1 aliphatic rings. The number of hydrogen-bond acceptors (Lipinski definition) is 3. The molecule has 1 fully saturated rings. The Morgan fingerprint density at radius 3 is 2.62 bits per heavy atom. The van der Waals surface area contributed by atoms with E-state index in [-0.39, 0.29) is 18.2 Å². The lowest BCUT2D eigenvalue weighted by Gasteiger charge is -2.16. The highest BCUT2D eigenvalue weighted by Gasteiger charge is 2.23. The van der Waals surface area contributed by atoms with Gasteiger partial charge in [-0.15, -0.1) is 0 Å². The Morgan fingerprint density at radius 2 is 2.00 bits per heavy atom. The predicted molar refractivity (Wildman–Crippen MR) is 95.5 cm³/mol. The van der Waals surface area contributed by atoms with Gasteiger partial charge in [0.15, 0.2) is 0 Å². The number of carbonyl (C=O) groups excluding carboxylic acids is 2. The minimum absolute atomic E-state index is 0.153. The molecule has 2 rings (SSSR count). The molecule has 1 unspecified atom stereocenters. The van der Waals surface area contributed by atoms with Gasteiger partial charge in [0.1, 0.15) is 6.61 Å². The number of urea groups is 1. The molecule has 1 saturated heterocycles. The van der Waals surface area contributed by atoms with Crippen molar-refractivity contribution in [3.63, 3.8) is 0 Å². The summed E-state index contributed by atoms with van der Waals surface area (Å²) in [7, 11) is 0. The largest absolute Gasteiger partial charge is 0.447 e. The Morgan fingerprint density at radius 1 is 1.25 bits per heavy atom. The summed E-state index contributed by atoms with van der Waals surface area (Å²) in [5.41, 5.74) is 1.47. The first-order valence-corrected chi connectivity index (χ1v) is 8.72. The van der Waals surface area contributed by atoms with Gasteiger partial charge in [0.05, 0.1) is 6.54 Å². The Bertz CT molecular complexity index is 545. The van der Waals surface area contributed by atoms with E-state index in [4.69, 9.17) is 4.74 Å². The van der Waals surface area contributed by atoms with Gasteiger partial charge in [-0.25, -0.2) is 9.59 Å². The lowest BCUT2D eigenvalue weighted by molar-refractivity contribution is 0.181. The maximum atomic E-state index is 12.0. The van der Waals surface area contributed by atoms with E-state index < -0.39 is 0 Å². The number of nitrogens with zero attached hydrogens (tertiary/aromatic N) is 1. The van der Waals surface area contributed by atoms with E-state index in [9.17, 15) is 9.59 Å². The van der Waals surface area contributed by atoms with Crippen LogP contribution in [0, 0.1) is 0 Å². The summed E-state index contributed by atoms with van der Waals surface area (Å²) in [6, 6.07) is 7.12. The predicted octanol–water partition coefficient (Wildman–Crippen LogP) is 4.12. The molecule has 0 bridgehead atoms. The molecule has 0 spiro atoms. The molecule has 1 aliphatic heterocycles. The van der Waals surface area contributed by atoms with Crippen LogP contribution in [0.25, 0.3) is 0 Å². The molecule has 24 heavy (non-hydrogen) atoms. The zero-order valence-electron chi connectivity index (χ0n) is 14.5. The van der Waals surface area contributed by atoms with Gasteiger partial charge >= 0.3 is 12.1 Å². The Labute approximate surface area is 143 Å². The minimum Gasteiger partial charge on any atom is -0.447 e. The van der Waals surface area contributed by atoms with Crippen molar-refractivity contribution in [3.05, 3.63) is 24.3 Å². The van der Waals surface area contributed by atoms with Crippen LogP contribution in [0.2, 0.25) is 0 Å². The molecule has 0 saturated carbocycles. The second kappa shape index (κ2) is 9.15. The van der Waals surface area contributed by atoms with Crippen molar-refractivity contribution in [2.75, 3.05) is 23.4 Å². The summed E-state index contributed by atoms with van der Waals surface area (Å²) in [6.45, 7) is 5.18. The summed E-state index contributed by atoms with van der Waals surface area (Å²) >= 11 is 0. The van der Waals surface area contributed by atoms with Gasteiger partial charge in [-0.2, -0.15) is 0 Å². The summed E-state index contributed by atoms with van der Waals surface area (Å²) in [6.07, 6.45) is 5.47. The van der Waals surface area contributed by atoms with Crippen LogP contribution in [0.5, 0.6) is 0 Å². The Kier molecular flexibility index (Phi) is 6.90. The van der Waals surface area contributed by atoms with Gasteiger partial charge in [0.25, 0.3) is 0 Å². The molecule has 2 N–H and O–H groups in total. The fourth-order valence-corrected chi connectivity index (χ4v) is 2.69. The first-order chi connectivity index (χ1) is 11.6. The molecule has 1 aromatic carbocycles. The van der Waals surface area contributed by atoms with E-state index in [1.54, 1.807) is 29.2 Å². The van der Waals surface area contributed by atoms with E-state index in [2.05, 4.69) is 17.6 Å². The summed E-state index contributed by atoms with van der Waals surface area (Å²) in [4.78, 5) is 25.1. The molecule has 1 atom stereocenters. The molecule has 1 heterocycles. The van der Waals surface area contributed by atoms with Gasteiger partial charge in [-0.05, 0) is 37.6 Å². The van der Waals surface area contributed by atoms with Crippen LogP contribution in [0.15, 0.2) is 24.3 Å². The third kappa shape index (κ3) is 5.44. The van der Waals surface area contributed by atoms with Crippen molar-refractivity contribution in [1.82, 2.24) is 5.32 Å². The third-order valence-corrected chi connectivity index (χ3v) is 4.07. The smallest absolute Gasteiger partial charge is 0.414 e. The quantitative estimate of drug-likeness (QED) is 0.703. The van der Waals surface area contributed by atoms with Gasteiger partial charge in [-0.3, -0.25) is 4.90 Å². The Balaban J connectivity index is 1.76. The van der Waals surface area contributed by atoms with Gasteiger partial charge < -0.3 is 15.4 Å². The molecular weight excluding hydrogens is 306 g/mol. The lowest BCUT2D eigenvalue weighted by Crippen LogP contribution is -2.36. The summed E-state index contributed by atoms with van der Waals surface area (Å²) in [5.74, 6) is 0. The van der Waals surface area contributed by atoms with Gasteiger partial charge in [0, 0.05) is 17.4 Å². The Hall–Kier alpha value is -2.24. The first-order valence-electron chi connectivity index (χ1n) is 8.72. The summed E-state index contributed by atoms with van der Waals surface area (Å²) < 4.78 is 4.91. The molecule has 132 valence electrons. The second-order valence-electron chi connectivity index (χ2n) is 6.16. The van der Waals surface area contributed by atoms with E-state index >= 15 is 0 Å². The number of hydrogen-bond donors (Lipinski definition) is 2. The molecule has 0 aromatic heterocycles. The van der Waals surface area contributed by atoms with Crippen LogP contribution >= 0.6 is 0 Å². The molecule has 0 radical (unpaired) electrons. The molecule has 6 heteroatoms. The van der Waals surface area contributed by atoms with E-state index in [0.29, 0.717) is 18.8 Å². The number of benzene rings is 1. The maximum absolute atomic E-state index is 12.0. The van der Waals surface area contributed by atoms with Crippen LogP contribution < -0.4 is 15.5 Å².